The first-order valence-electron chi connectivity index (χ1n) is 46.5. The summed E-state index contributed by atoms with van der Waals surface area (Å²) >= 11 is 0. The quantitative estimate of drug-likeness (QED) is 0.0209. The number of esters is 4. The molecule has 0 saturated carbocycles. The van der Waals surface area contributed by atoms with E-state index in [1.165, 1.54) is 308 Å². The molecule has 124 heavy (non-hydrogen) atoms. The van der Waals surface area contributed by atoms with Crippen LogP contribution < -0.4 is 139 Å². The second kappa shape index (κ2) is 98.4. The van der Waals surface area contributed by atoms with Crippen molar-refractivity contribution in [2.24, 2.45) is 0 Å². The van der Waals surface area contributed by atoms with Crippen LogP contribution in [0.1, 0.15) is 464 Å². The smallest absolute Gasteiger partial charge is 0.550 e. The van der Waals surface area contributed by atoms with Crippen LogP contribution in [-0.4, -0.2) is 147 Å². The van der Waals surface area contributed by atoms with Crippen LogP contribution in [0, 0.1) is 0 Å². The molecule has 0 amide bonds. The number of unbranched alkanes of at least 4 members (excludes halogenated alkanes) is 60. The molecular formula is C88H164Na4O28S4. The van der Waals surface area contributed by atoms with Crippen LogP contribution in [0.25, 0.3) is 0 Å². The van der Waals surface area contributed by atoms with Gasteiger partial charge in [-0.25, -0.2) is 0 Å². The predicted molar refractivity (Wildman–Crippen MR) is 462 cm³/mol. The van der Waals surface area contributed by atoms with Crippen molar-refractivity contribution in [3.05, 3.63) is 0 Å². The Hall–Kier alpha value is -0.600. The van der Waals surface area contributed by atoms with Crippen LogP contribution in [0.2, 0.25) is 0 Å². The molecule has 0 radical (unpaired) electrons. The zero-order valence-corrected chi connectivity index (χ0v) is 89.7. The number of carboxylic acid groups (broad SMARTS) is 4. The summed E-state index contributed by atoms with van der Waals surface area (Å²) in [5, 5.41) is 33.5. The van der Waals surface area contributed by atoms with E-state index < -0.39 is 135 Å². The van der Waals surface area contributed by atoms with Crippen LogP contribution in [0.5, 0.6) is 0 Å². The van der Waals surface area contributed by atoms with E-state index in [1.807, 2.05) is 0 Å². The summed E-state index contributed by atoms with van der Waals surface area (Å²) < 4.78 is 143. The second-order valence-electron chi connectivity index (χ2n) is 32.2. The molecular weight excluding hydrogens is 1730 g/mol. The van der Waals surface area contributed by atoms with Crippen molar-refractivity contribution in [3.63, 3.8) is 0 Å². The maximum atomic E-state index is 11.6. The Morgan fingerprint density at radius 3 is 0.363 bits per heavy atom. The minimum Gasteiger partial charge on any atom is -0.550 e. The molecule has 0 aliphatic heterocycles. The summed E-state index contributed by atoms with van der Waals surface area (Å²) in [4.78, 5) is 88.5. The van der Waals surface area contributed by atoms with Crippen molar-refractivity contribution >= 4 is 88.2 Å². The van der Waals surface area contributed by atoms with Crippen LogP contribution in [-0.2, 0) is 97.8 Å². The average molecular weight is 1890 g/mol. The van der Waals surface area contributed by atoms with Gasteiger partial charge in [0.05, 0.1) is 26.4 Å². The molecule has 0 rings (SSSR count). The predicted octanol–water partition coefficient (Wildman–Crippen LogP) is 4.77. The fourth-order valence-corrected chi connectivity index (χ4v) is 16.1. The van der Waals surface area contributed by atoms with Gasteiger partial charge >= 0.3 is 142 Å². The van der Waals surface area contributed by atoms with E-state index in [0.29, 0.717) is 25.7 Å². The Kier molecular flexibility index (Phi) is 110. The van der Waals surface area contributed by atoms with Crippen molar-refractivity contribution in [1.29, 1.82) is 0 Å². The Balaban J connectivity index is -0.000000239. The van der Waals surface area contributed by atoms with Crippen molar-refractivity contribution in [1.82, 2.24) is 0 Å². The van der Waals surface area contributed by atoms with Crippen molar-refractivity contribution in [2.75, 3.05) is 26.4 Å². The number of rotatable bonds is 84. The minimum atomic E-state index is -4.83. The summed E-state index contributed by atoms with van der Waals surface area (Å²) in [6.07, 6.45) is 73.3. The monoisotopic (exact) mass is 1890 g/mol. The van der Waals surface area contributed by atoms with Crippen LogP contribution in [0.4, 0.5) is 0 Å². The number of hydrogen-bond acceptors (Lipinski definition) is 24. The molecule has 4 unspecified atom stereocenters. The third-order valence-corrected chi connectivity index (χ3v) is 25.2. The van der Waals surface area contributed by atoms with Gasteiger partial charge in [0, 0.05) is 49.6 Å². The first kappa shape index (κ1) is 139. The minimum absolute atomic E-state index is 0. The maximum absolute atomic E-state index is 11.6. The number of ether oxygens (including phenoxy) is 4. The third kappa shape index (κ3) is 102. The molecule has 0 aliphatic rings. The zero-order chi connectivity index (χ0) is 90.7. The molecule has 0 bridgehead atoms. The average Bonchev–Trinajstić information content (AvgIpc) is 0.879. The zero-order valence-electron chi connectivity index (χ0n) is 78.4. The van der Waals surface area contributed by atoms with Gasteiger partial charge in [0.25, 0.3) is 40.5 Å². The van der Waals surface area contributed by atoms with E-state index in [4.69, 9.17) is 37.2 Å². The Morgan fingerprint density at radius 1 is 0.194 bits per heavy atom. The molecule has 0 aromatic heterocycles. The van der Waals surface area contributed by atoms with Gasteiger partial charge in [0.2, 0.25) is 0 Å². The first-order valence-corrected chi connectivity index (χ1v) is 52.5. The van der Waals surface area contributed by atoms with Gasteiger partial charge in [0.15, 0.2) is 21.0 Å². The fraction of sp³-hybridized carbons (Fsp3) is 0.909. The number of carboxylic acids is 4. The molecule has 36 heteroatoms. The molecule has 0 spiro atoms. The molecule has 0 heterocycles. The van der Waals surface area contributed by atoms with Crippen LogP contribution in [0.3, 0.4) is 0 Å². The van der Waals surface area contributed by atoms with Crippen molar-refractivity contribution in [2.45, 2.75) is 485 Å². The number of aliphatic carboxylic acids is 4. The molecule has 0 aromatic carbocycles. The largest absolute Gasteiger partial charge is 1.00 e. The third-order valence-electron chi connectivity index (χ3n) is 20.9. The van der Waals surface area contributed by atoms with E-state index in [-0.39, 0.29) is 145 Å². The van der Waals surface area contributed by atoms with Crippen molar-refractivity contribution in [3.8, 4) is 0 Å². The molecule has 0 aromatic rings. The topological polar surface area (TPSA) is 483 Å². The first-order chi connectivity index (χ1) is 57.1. The summed E-state index contributed by atoms with van der Waals surface area (Å²) in [5.74, 6) is -11.9. The van der Waals surface area contributed by atoms with E-state index in [2.05, 4.69) is 27.7 Å². The normalized spacial score (nSPS) is 12.2. The van der Waals surface area contributed by atoms with Gasteiger partial charge in [-0.15, -0.1) is 0 Å². The number of carbonyl (C=O) groups excluding carboxylic acids is 8. The standard InChI is InChI=1S/4C22H42O7S.4Na/c4*1-2-3-4-5-6-7-8-9-10-11-12-13-14-15-16-17-18-29-22(25)20(19-21(23)24)30(26,27)28;;;;/h4*20H,2-19H2,1H3,(H,23,24)(H,26,27,28);;;;/q;;;;4*+1/p-4. The molecule has 0 aliphatic carbocycles. The SMILES string of the molecule is CCCCCCCCCCCCCCCCCCOC(=O)C(CC(=O)[O-])S(=O)(=O)O.CCCCCCCCCCCCCCCCCCOC(=O)C(CC(=O)[O-])S(=O)(=O)O.CCCCCCCCCCCCCCCCCCOC(=O)C(CC(=O)[O-])S(=O)(=O)O.CCCCCCCCCCCCCCCCCCOC(=O)C(CC(=O)[O-])S(=O)(=O)O.[Na+].[Na+].[Na+].[Na+]. The summed E-state index contributed by atoms with van der Waals surface area (Å²) in [5.41, 5.74) is 0. The molecule has 712 valence electrons. The summed E-state index contributed by atoms with van der Waals surface area (Å²) in [6.45, 7) is 9.01. The van der Waals surface area contributed by atoms with Gasteiger partial charge in [-0.3, -0.25) is 37.4 Å². The van der Waals surface area contributed by atoms with E-state index in [9.17, 15) is 92.5 Å². The molecule has 0 fully saturated rings. The van der Waals surface area contributed by atoms with E-state index >= 15 is 0 Å². The van der Waals surface area contributed by atoms with Gasteiger partial charge in [0.1, 0.15) is 0 Å². The molecule has 0 saturated heterocycles. The number of hydrogen-bond donors (Lipinski definition) is 4. The van der Waals surface area contributed by atoms with E-state index in [1.54, 1.807) is 0 Å². The Morgan fingerprint density at radius 2 is 0.282 bits per heavy atom. The Bertz CT molecular complexity index is 2600. The van der Waals surface area contributed by atoms with Crippen molar-refractivity contribution < 1.29 is 248 Å². The molecule has 4 N–H and O–H groups in total. The van der Waals surface area contributed by atoms with Gasteiger partial charge < -0.3 is 58.6 Å². The molecule has 28 nitrogen and oxygen atoms in total. The summed E-state index contributed by atoms with van der Waals surface area (Å²) in [6, 6.07) is 0. The van der Waals surface area contributed by atoms with E-state index in [0.717, 1.165) is 77.0 Å². The number of carbonyl (C=O) groups is 8. The Labute approximate surface area is 839 Å². The maximum Gasteiger partial charge on any atom is 1.00 e. The van der Waals surface area contributed by atoms with Crippen LogP contribution in [0.15, 0.2) is 0 Å². The van der Waals surface area contributed by atoms with Gasteiger partial charge in [-0.1, -0.05) is 413 Å². The second-order valence-corrected chi connectivity index (χ2v) is 38.6. The molecule has 4 atom stereocenters. The van der Waals surface area contributed by atoms with Crippen LogP contribution >= 0.6 is 0 Å². The fourth-order valence-electron chi connectivity index (χ4n) is 13.5. The van der Waals surface area contributed by atoms with Gasteiger partial charge in [-0.2, -0.15) is 33.7 Å². The van der Waals surface area contributed by atoms with Gasteiger partial charge in [-0.05, 0) is 25.7 Å². The summed E-state index contributed by atoms with van der Waals surface area (Å²) in [7, 11) is -19.3.